The zero-order valence-electron chi connectivity index (χ0n) is 17.1. The molecule has 1 fully saturated rings. The number of amides is 3. The Balaban J connectivity index is 1.54. The van der Waals surface area contributed by atoms with E-state index in [0.717, 1.165) is 27.9 Å². The predicted molar refractivity (Wildman–Crippen MR) is 127 cm³/mol. The third kappa shape index (κ3) is 3.26. The Kier molecular flexibility index (Phi) is 4.99. The Morgan fingerprint density at radius 3 is 2.47 bits per heavy atom. The molecule has 2 aliphatic heterocycles. The molecule has 9 heteroatoms. The molecule has 0 radical (unpaired) electrons. The van der Waals surface area contributed by atoms with Gasteiger partial charge >= 0.3 is 0 Å². The summed E-state index contributed by atoms with van der Waals surface area (Å²) in [5, 5.41) is 2.86. The fourth-order valence-electron chi connectivity index (χ4n) is 3.59. The highest BCUT2D eigenvalue weighted by Crippen LogP contribution is 2.44. The molecular formula is C23H16N4O3S2. The molecule has 1 aromatic heterocycles. The number of aromatic nitrogens is 1. The molecule has 1 saturated heterocycles. The summed E-state index contributed by atoms with van der Waals surface area (Å²) in [5.74, 6) is -1.23. The smallest absolute Gasteiger partial charge is 0.267 e. The van der Waals surface area contributed by atoms with E-state index in [-0.39, 0.29) is 16.4 Å². The quantitative estimate of drug-likeness (QED) is 0.532. The maximum absolute atomic E-state index is 13.1. The molecule has 2 aromatic carbocycles. The van der Waals surface area contributed by atoms with Crippen molar-refractivity contribution < 1.29 is 14.4 Å². The lowest BCUT2D eigenvalue weighted by molar-refractivity contribution is -0.123. The van der Waals surface area contributed by atoms with E-state index in [9.17, 15) is 14.4 Å². The molecule has 7 nitrogen and oxygen atoms in total. The number of nitrogens with zero attached hydrogens (tertiary/aromatic N) is 4. The van der Waals surface area contributed by atoms with Gasteiger partial charge in [-0.15, -0.1) is 11.3 Å². The van der Waals surface area contributed by atoms with Gasteiger partial charge < -0.3 is 0 Å². The standard InChI is InChI=1S/C23H16N4O3S2/c1-13(28)27-17-11-7-6-10-15(17)18(20(27)29)19-21(30)26(2)23(32-19)25-22-24-16(12-31-22)14-8-4-3-5-9-14/h3-12H,1-2H3/b19-18-,25-23+. The fourth-order valence-corrected chi connectivity index (χ4v) is 5.40. The van der Waals surface area contributed by atoms with Crippen molar-refractivity contribution in [3.8, 4) is 11.3 Å². The summed E-state index contributed by atoms with van der Waals surface area (Å²) in [4.78, 5) is 50.1. The number of likely N-dealkylation sites (N-methyl/N-ethyl adjacent to an activating group) is 1. The topological polar surface area (TPSA) is 82.9 Å². The van der Waals surface area contributed by atoms with Crippen LogP contribution in [0.3, 0.4) is 0 Å². The molecule has 0 bridgehead atoms. The second-order valence-corrected chi connectivity index (χ2v) is 8.94. The van der Waals surface area contributed by atoms with Crippen LogP contribution in [0.2, 0.25) is 0 Å². The minimum atomic E-state index is -0.496. The maximum Gasteiger partial charge on any atom is 0.267 e. The number of aliphatic imine (C=N–C) groups is 1. The molecular weight excluding hydrogens is 444 g/mol. The van der Waals surface area contributed by atoms with Crippen LogP contribution < -0.4 is 4.90 Å². The monoisotopic (exact) mass is 460 g/mol. The van der Waals surface area contributed by atoms with Crippen molar-refractivity contribution in [2.45, 2.75) is 6.92 Å². The highest BCUT2D eigenvalue weighted by Gasteiger charge is 2.42. The van der Waals surface area contributed by atoms with Crippen LogP contribution in [0, 0.1) is 0 Å². The first-order valence-electron chi connectivity index (χ1n) is 9.70. The van der Waals surface area contributed by atoms with E-state index < -0.39 is 11.8 Å². The van der Waals surface area contributed by atoms with Crippen molar-refractivity contribution in [3.63, 3.8) is 0 Å². The number of thiazole rings is 1. The number of hydrogen-bond acceptors (Lipinski definition) is 7. The number of rotatable bonds is 2. The van der Waals surface area contributed by atoms with E-state index in [2.05, 4.69) is 9.98 Å². The molecule has 5 rings (SSSR count). The van der Waals surface area contributed by atoms with Crippen molar-refractivity contribution in [2.24, 2.45) is 4.99 Å². The summed E-state index contributed by atoms with van der Waals surface area (Å²) in [7, 11) is 1.61. The van der Waals surface area contributed by atoms with Gasteiger partial charge in [0.25, 0.3) is 11.8 Å². The van der Waals surface area contributed by atoms with Gasteiger partial charge in [0.2, 0.25) is 11.0 Å². The number of thioether (sulfide) groups is 1. The second kappa shape index (κ2) is 7.85. The van der Waals surface area contributed by atoms with Gasteiger partial charge in [-0.3, -0.25) is 19.3 Å². The summed E-state index contributed by atoms with van der Waals surface area (Å²) in [6, 6.07) is 16.7. The average Bonchev–Trinajstić information content (AvgIpc) is 3.45. The Hall–Kier alpha value is -3.56. The van der Waals surface area contributed by atoms with E-state index in [0.29, 0.717) is 21.6 Å². The minimum Gasteiger partial charge on any atom is -0.289 e. The van der Waals surface area contributed by atoms with Crippen LogP contribution in [0.4, 0.5) is 10.8 Å². The number of para-hydroxylation sites is 1. The summed E-state index contributed by atoms with van der Waals surface area (Å²) in [5.41, 5.74) is 3.08. The van der Waals surface area contributed by atoms with Gasteiger partial charge in [0.05, 0.1) is 21.9 Å². The Morgan fingerprint density at radius 1 is 1.00 bits per heavy atom. The number of carbonyl (C=O) groups is 3. The normalized spacial score (nSPS) is 19.2. The lowest BCUT2D eigenvalue weighted by Gasteiger charge is -2.11. The van der Waals surface area contributed by atoms with Gasteiger partial charge in [0, 0.05) is 30.5 Å². The van der Waals surface area contributed by atoms with E-state index in [4.69, 9.17) is 0 Å². The Morgan fingerprint density at radius 2 is 1.72 bits per heavy atom. The van der Waals surface area contributed by atoms with Crippen LogP contribution in [-0.2, 0) is 14.4 Å². The number of carbonyl (C=O) groups excluding carboxylic acids is 3. The maximum atomic E-state index is 13.1. The molecule has 3 aromatic rings. The third-order valence-corrected chi connectivity index (χ3v) is 6.97. The minimum absolute atomic E-state index is 0.229. The SMILES string of the molecule is CC(=O)N1C(=O)/C(=C2\S/C(=N/c3nc(-c4ccccc4)cs3)N(C)C2=O)c2ccccc21. The van der Waals surface area contributed by atoms with Crippen LogP contribution in [0.5, 0.6) is 0 Å². The largest absolute Gasteiger partial charge is 0.289 e. The van der Waals surface area contributed by atoms with Crippen molar-refractivity contribution >= 4 is 62.4 Å². The van der Waals surface area contributed by atoms with Crippen molar-refractivity contribution in [1.29, 1.82) is 0 Å². The molecule has 0 aliphatic carbocycles. The zero-order chi connectivity index (χ0) is 22.4. The summed E-state index contributed by atoms with van der Waals surface area (Å²) in [6.07, 6.45) is 0. The average molecular weight is 461 g/mol. The first-order valence-corrected chi connectivity index (χ1v) is 11.4. The third-order valence-electron chi connectivity index (χ3n) is 5.11. The molecule has 2 aliphatic rings. The van der Waals surface area contributed by atoms with Crippen molar-refractivity contribution in [3.05, 3.63) is 70.4 Å². The van der Waals surface area contributed by atoms with Crippen LogP contribution >= 0.6 is 23.1 Å². The van der Waals surface area contributed by atoms with Gasteiger partial charge in [0.15, 0.2) is 5.17 Å². The predicted octanol–water partition coefficient (Wildman–Crippen LogP) is 4.31. The first kappa shape index (κ1) is 20.3. The highest BCUT2D eigenvalue weighted by molar-refractivity contribution is 8.18. The highest BCUT2D eigenvalue weighted by atomic mass is 32.2. The number of imide groups is 1. The molecule has 0 N–H and O–H groups in total. The lowest BCUT2D eigenvalue weighted by Crippen LogP contribution is -2.31. The molecule has 0 saturated carbocycles. The van der Waals surface area contributed by atoms with Gasteiger partial charge in [-0.25, -0.2) is 9.88 Å². The molecule has 32 heavy (non-hydrogen) atoms. The molecule has 0 atom stereocenters. The number of benzene rings is 2. The van der Waals surface area contributed by atoms with E-state index in [1.54, 1.807) is 31.3 Å². The van der Waals surface area contributed by atoms with Crippen molar-refractivity contribution in [1.82, 2.24) is 9.88 Å². The van der Waals surface area contributed by atoms with Crippen LogP contribution in [-0.4, -0.2) is 39.8 Å². The summed E-state index contributed by atoms with van der Waals surface area (Å²) < 4.78 is 0. The zero-order valence-corrected chi connectivity index (χ0v) is 18.7. The van der Waals surface area contributed by atoms with E-state index in [1.165, 1.54) is 23.2 Å². The van der Waals surface area contributed by atoms with Gasteiger partial charge in [-0.1, -0.05) is 48.5 Å². The fraction of sp³-hybridized carbons (Fsp3) is 0.0870. The number of amidine groups is 1. The van der Waals surface area contributed by atoms with Crippen LogP contribution in [0.25, 0.3) is 16.8 Å². The van der Waals surface area contributed by atoms with Crippen LogP contribution in [0.1, 0.15) is 12.5 Å². The molecule has 3 heterocycles. The Labute approximate surface area is 192 Å². The number of anilines is 1. The summed E-state index contributed by atoms with van der Waals surface area (Å²) in [6.45, 7) is 1.33. The summed E-state index contributed by atoms with van der Waals surface area (Å²) >= 11 is 2.49. The number of hydrogen-bond donors (Lipinski definition) is 0. The van der Waals surface area contributed by atoms with Crippen LogP contribution in [0.15, 0.2) is 69.9 Å². The number of fused-ring (bicyclic) bond motifs is 1. The van der Waals surface area contributed by atoms with Gasteiger partial charge in [0.1, 0.15) is 0 Å². The second-order valence-electron chi connectivity index (χ2n) is 7.12. The van der Waals surface area contributed by atoms with Gasteiger partial charge in [-0.2, -0.15) is 4.99 Å². The lowest BCUT2D eigenvalue weighted by atomic mass is 10.1. The van der Waals surface area contributed by atoms with Gasteiger partial charge in [-0.05, 0) is 17.8 Å². The Bertz CT molecular complexity index is 1340. The molecule has 0 spiro atoms. The van der Waals surface area contributed by atoms with E-state index in [1.807, 2.05) is 35.7 Å². The van der Waals surface area contributed by atoms with Crippen molar-refractivity contribution in [2.75, 3.05) is 11.9 Å². The molecule has 158 valence electrons. The molecule has 0 unspecified atom stereocenters. The van der Waals surface area contributed by atoms with E-state index >= 15 is 0 Å². The first-order chi connectivity index (χ1) is 15.5. The molecule has 3 amide bonds.